The van der Waals surface area contributed by atoms with E-state index in [1.807, 2.05) is 24.3 Å². The Morgan fingerprint density at radius 2 is 0.520 bits per heavy atom. The van der Waals surface area contributed by atoms with Gasteiger partial charge in [-0.15, -0.1) is 0 Å². The summed E-state index contributed by atoms with van der Waals surface area (Å²) in [6.45, 7) is 0. The first kappa shape index (κ1) is 30.0. The first-order valence-corrected chi connectivity index (χ1v) is 15.8. The highest BCUT2D eigenvalue weighted by molar-refractivity contribution is 6.05. The van der Waals surface area contributed by atoms with Crippen LogP contribution in [0, 0.1) is 0 Å². The van der Waals surface area contributed by atoms with Crippen LogP contribution in [-0.2, 0) is 0 Å². The van der Waals surface area contributed by atoms with Crippen LogP contribution in [0.2, 0.25) is 0 Å². The van der Waals surface area contributed by atoms with E-state index in [1.165, 1.54) is 0 Å². The molecule has 0 bridgehead atoms. The Morgan fingerprint density at radius 3 is 0.680 bits per heavy atom. The van der Waals surface area contributed by atoms with Gasteiger partial charge in [0.1, 0.15) is 23.3 Å². The Morgan fingerprint density at radius 1 is 0.320 bits per heavy atom. The van der Waals surface area contributed by atoms with Gasteiger partial charge in [0.2, 0.25) is 0 Å². The third-order valence-electron chi connectivity index (χ3n) is 8.52. The van der Waals surface area contributed by atoms with Crippen molar-refractivity contribution < 1.29 is 0 Å². The maximum absolute atomic E-state index is 5.93. The molecule has 12 heteroatoms. The number of nitrogen functional groups attached to an aromatic ring is 4. The molecule has 0 aliphatic rings. The number of nitrogens with two attached hydrogens (primary N) is 4. The maximum Gasteiger partial charge on any atom is 0.119 e. The van der Waals surface area contributed by atoms with E-state index in [0.29, 0.717) is 23.3 Å². The van der Waals surface area contributed by atoms with Crippen LogP contribution in [-0.4, -0.2) is 40.8 Å². The van der Waals surface area contributed by atoms with Gasteiger partial charge in [0, 0.05) is 46.5 Å². The molecular formula is C38H32N12. The predicted molar refractivity (Wildman–Crippen MR) is 199 cm³/mol. The second-order valence-corrected chi connectivity index (χ2v) is 11.9. The molecule has 0 amide bonds. The van der Waals surface area contributed by atoms with Gasteiger partial charge in [0.05, 0.1) is 22.8 Å². The van der Waals surface area contributed by atoms with Gasteiger partial charge in [0.15, 0.2) is 0 Å². The first-order valence-electron chi connectivity index (χ1n) is 15.8. The zero-order chi connectivity index (χ0) is 34.2. The number of anilines is 4. The molecule has 0 spiro atoms. The van der Waals surface area contributed by atoms with Crippen LogP contribution in [0.3, 0.4) is 0 Å². The van der Waals surface area contributed by atoms with Gasteiger partial charge < -0.3 is 22.9 Å². The summed E-state index contributed by atoms with van der Waals surface area (Å²) in [5.41, 5.74) is 36.7. The van der Waals surface area contributed by atoms with Gasteiger partial charge in [-0.05, 0) is 33.4 Å². The van der Waals surface area contributed by atoms with Crippen molar-refractivity contribution >= 4 is 34.4 Å². The Hall–Kier alpha value is -7.34. The predicted octanol–water partition coefficient (Wildman–Crippen LogP) is 6.58. The molecule has 12 nitrogen and oxygen atoms in total. The van der Waals surface area contributed by atoms with Crippen molar-refractivity contribution in [3.8, 4) is 45.0 Å². The lowest BCUT2D eigenvalue weighted by atomic mass is 9.84. The van der Waals surface area contributed by atoms with Crippen molar-refractivity contribution in [3.63, 3.8) is 0 Å². The van der Waals surface area contributed by atoms with Gasteiger partial charge in [-0.3, -0.25) is 20.4 Å². The summed E-state index contributed by atoms with van der Waals surface area (Å²) in [5.74, 6) is 2.03. The molecule has 244 valence electrons. The number of nitrogens with zero attached hydrogens (tertiary/aromatic N) is 4. The minimum absolute atomic E-state index is 0.507. The van der Waals surface area contributed by atoms with E-state index in [1.54, 1.807) is 0 Å². The van der Waals surface area contributed by atoms with Gasteiger partial charge in [0.25, 0.3) is 0 Å². The Kier molecular flexibility index (Phi) is 7.42. The average Bonchev–Trinajstić information content (AvgIpc) is 3.97. The molecule has 0 saturated heterocycles. The average molecular weight is 657 g/mol. The molecule has 0 saturated carbocycles. The van der Waals surface area contributed by atoms with Gasteiger partial charge in [-0.2, -0.15) is 20.4 Å². The van der Waals surface area contributed by atoms with Crippen LogP contribution in [0.25, 0.3) is 56.2 Å². The smallest absolute Gasteiger partial charge is 0.119 e. The highest BCUT2D eigenvalue weighted by Gasteiger charge is 2.18. The number of benzene rings is 4. The summed E-state index contributed by atoms with van der Waals surface area (Å²) in [6.07, 6.45) is 0. The monoisotopic (exact) mass is 656 g/mol. The fourth-order valence-corrected chi connectivity index (χ4v) is 6.08. The minimum atomic E-state index is 0.507. The van der Waals surface area contributed by atoms with E-state index in [4.69, 9.17) is 22.9 Å². The SMILES string of the molecule is Nc1cc(-c2ccc(C(=C(c3ccc(-c4cc(N)[nH]n4)cc3)c3ccc(-c4cc(N)[nH]n4)cc3)c3ccc(-c4cc(N)[nH]n4)cc3)cc2)n[nH]1. The largest absolute Gasteiger partial charge is 0.384 e. The quantitative estimate of drug-likeness (QED) is 0.0833. The number of nitrogens with one attached hydrogen (secondary N) is 4. The number of aromatic amines is 4. The fourth-order valence-electron chi connectivity index (χ4n) is 6.08. The molecule has 0 aliphatic heterocycles. The molecule has 0 radical (unpaired) electrons. The van der Waals surface area contributed by atoms with E-state index < -0.39 is 0 Å². The van der Waals surface area contributed by atoms with Gasteiger partial charge in [-0.1, -0.05) is 97.1 Å². The molecule has 12 N–H and O–H groups in total. The molecular weight excluding hydrogens is 625 g/mol. The summed E-state index contributed by atoms with van der Waals surface area (Å²) in [7, 11) is 0. The molecule has 4 aromatic carbocycles. The number of hydrogen-bond acceptors (Lipinski definition) is 8. The topological polar surface area (TPSA) is 219 Å². The van der Waals surface area contributed by atoms with Crippen LogP contribution in [0.1, 0.15) is 22.3 Å². The van der Waals surface area contributed by atoms with Crippen LogP contribution in [0.5, 0.6) is 0 Å². The van der Waals surface area contributed by atoms with E-state index in [2.05, 4.69) is 138 Å². The van der Waals surface area contributed by atoms with E-state index in [9.17, 15) is 0 Å². The number of aromatic nitrogens is 8. The lowest BCUT2D eigenvalue weighted by Crippen LogP contribution is -1.98. The van der Waals surface area contributed by atoms with Gasteiger partial charge in [-0.25, -0.2) is 0 Å². The van der Waals surface area contributed by atoms with Crippen molar-refractivity contribution in [3.05, 3.63) is 144 Å². The summed E-state index contributed by atoms with van der Waals surface area (Å²) in [6, 6.07) is 40.6. The van der Waals surface area contributed by atoms with Crippen LogP contribution < -0.4 is 22.9 Å². The Labute approximate surface area is 286 Å². The third kappa shape index (κ3) is 5.84. The standard InChI is InChI=1S/C38H32N12/c39-33-17-29(43-47-33)21-1-9-25(10-2-21)37(26-11-3-22(4-12-26)30-18-34(40)48-44-30)38(27-13-5-23(6-14-27)31-19-35(41)49-45-31)28-15-7-24(8-16-28)32-20-36(42)50-46-32/h1-20H,(H3,39,43,47)(H3,40,44,48)(H3,41,45,49)(H3,42,46,50). The van der Waals surface area contributed by atoms with Crippen molar-refractivity contribution in [2.75, 3.05) is 22.9 Å². The second kappa shape index (κ2) is 12.4. The molecule has 50 heavy (non-hydrogen) atoms. The maximum atomic E-state index is 5.93. The Balaban J connectivity index is 1.32. The van der Waals surface area contributed by atoms with Crippen LogP contribution >= 0.6 is 0 Å². The van der Waals surface area contributed by atoms with E-state index >= 15 is 0 Å². The normalized spacial score (nSPS) is 11.1. The molecule has 4 heterocycles. The highest BCUT2D eigenvalue weighted by atomic mass is 15.2. The molecule has 0 aliphatic carbocycles. The van der Waals surface area contributed by atoms with Crippen LogP contribution in [0.4, 0.5) is 23.3 Å². The minimum Gasteiger partial charge on any atom is -0.384 e. The lowest BCUT2D eigenvalue weighted by Gasteiger charge is -2.19. The zero-order valence-corrected chi connectivity index (χ0v) is 26.6. The summed E-state index contributed by atoms with van der Waals surface area (Å²) < 4.78 is 0. The molecule has 8 rings (SSSR count). The molecule has 8 aromatic rings. The summed E-state index contributed by atoms with van der Waals surface area (Å²) in [5, 5.41) is 28.7. The van der Waals surface area contributed by atoms with E-state index in [0.717, 1.165) is 78.4 Å². The van der Waals surface area contributed by atoms with Crippen molar-refractivity contribution in [1.29, 1.82) is 0 Å². The number of rotatable bonds is 8. The summed E-state index contributed by atoms with van der Waals surface area (Å²) >= 11 is 0. The van der Waals surface area contributed by atoms with Crippen molar-refractivity contribution in [1.82, 2.24) is 40.8 Å². The van der Waals surface area contributed by atoms with E-state index in [-0.39, 0.29) is 0 Å². The molecule has 0 atom stereocenters. The molecule has 0 fully saturated rings. The first-order chi connectivity index (χ1) is 24.4. The van der Waals surface area contributed by atoms with Crippen molar-refractivity contribution in [2.24, 2.45) is 0 Å². The van der Waals surface area contributed by atoms with Crippen LogP contribution in [0.15, 0.2) is 121 Å². The fraction of sp³-hybridized carbons (Fsp3) is 0. The zero-order valence-electron chi connectivity index (χ0n) is 26.6. The number of hydrogen-bond donors (Lipinski definition) is 8. The Bertz CT molecular complexity index is 2100. The highest BCUT2D eigenvalue weighted by Crippen LogP contribution is 2.39. The molecule has 0 unspecified atom stereocenters. The third-order valence-corrected chi connectivity index (χ3v) is 8.52. The van der Waals surface area contributed by atoms with Crippen molar-refractivity contribution in [2.45, 2.75) is 0 Å². The number of H-pyrrole nitrogens is 4. The lowest BCUT2D eigenvalue weighted by molar-refractivity contribution is 1.10. The molecule has 4 aromatic heterocycles. The van der Waals surface area contributed by atoms with Gasteiger partial charge >= 0.3 is 0 Å². The second-order valence-electron chi connectivity index (χ2n) is 11.9. The summed E-state index contributed by atoms with van der Waals surface area (Å²) in [4.78, 5) is 0.